The molecule has 1 aliphatic rings. The van der Waals surface area contributed by atoms with Crippen LogP contribution in [0.3, 0.4) is 0 Å². The molecule has 0 unspecified atom stereocenters. The summed E-state index contributed by atoms with van der Waals surface area (Å²) in [6.45, 7) is 2.70. The molecular weight excluding hydrogens is 353 g/mol. The number of carbonyl (C=O) groups is 1. The lowest BCUT2D eigenvalue weighted by molar-refractivity contribution is -0.00600. The van der Waals surface area contributed by atoms with Crippen molar-refractivity contribution in [3.05, 3.63) is 53.4 Å². The van der Waals surface area contributed by atoms with Crippen LogP contribution in [0.5, 0.6) is 0 Å². The molecule has 2 aromatic heterocycles. The van der Waals surface area contributed by atoms with Gasteiger partial charge in [-0.2, -0.15) is 10.1 Å². The summed E-state index contributed by atoms with van der Waals surface area (Å²) in [7, 11) is 1.78. The highest BCUT2D eigenvalue weighted by Crippen LogP contribution is 2.27. The minimum atomic E-state index is -0.556. The first kappa shape index (κ1) is 17.3. The molecule has 1 amide bonds. The number of ether oxygens (including phenoxy) is 1. The van der Waals surface area contributed by atoms with Crippen LogP contribution in [0.1, 0.15) is 27.8 Å². The molecule has 3 heterocycles. The third-order valence-electron chi connectivity index (χ3n) is 4.43. The Morgan fingerprint density at radius 3 is 3.00 bits per heavy atom. The minimum Gasteiger partial charge on any atom is -0.377 e. The predicted molar refractivity (Wildman–Crippen MR) is 92.2 cm³/mol. The summed E-state index contributed by atoms with van der Waals surface area (Å²) in [4.78, 5) is 18.9. The number of morpholine rings is 1. The van der Waals surface area contributed by atoms with Gasteiger partial charge >= 0.3 is 0 Å². The molecule has 0 saturated carbocycles. The van der Waals surface area contributed by atoms with E-state index in [4.69, 9.17) is 9.26 Å². The molecule has 4 rings (SSSR count). The molecule has 0 bridgehead atoms. The molecule has 1 aromatic carbocycles. The monoisotopic (exact) mass is 371 g/mol. The molecule has 0 radical (unpaired) electrons. The van der Waals surface area contributed by atoms with Gasteiger partial charge in [0.25, 0.3) is 11.8 Å². The second-order valence-electron chi connectivity index (χ2n) is 6.43. The van der Waals surface area contributed by atoms with E-state index >= 15 is 0 Å². The quantitative estimate of drug-likeness (QED) is 0.701. The lowest BCUT2D eigenvalue weighted by atomic mass is 10.1. The van der Waals surface area contributed by atoms with Gasteiger partial charge in [0.1, 0.15) is 11.9 Å². The number of aromatic nitrogens is 4. The Morgan fingerprint density at radius 2 is 2.22 bits per heavy atom. The topological polar surface area (TPSA) is 86.3 Å². The summed E-state index contributed by atoms with van der Waals surface area (Å²) in [6.07, 6.45) is 3.36. The van der Waals surface area contributed by atoms with Gasteiger partial charge in [0.05, 0.1) is 30.5 Å². The molecule has 8 nitrogen and oxygen atoms in total. The Balaban J connectivity index is 1.64. The van der Waals surface area contributed by atoms with Crippen molar-refractivity contribution in [3.8, 4) is 11.5 Å². The van der Waals surface area contributed by atoms with E-state index in [1.165, 1.54) is 11.0 Å². The Kier molecular flexibility index (Phi) is 4.44. The van der Waals surface area contributed by atoms with E-state index in [1.807, 2.05) is 6.92 Å². The maximum atomic E-state index is 14.2. The standard InChI is InChI=1S/C18H18FN5O3/c1-11-3-4-14(19)13(7-11)18(25)24-5-6-26-10-15(24)16-21-17(27-22-16)12-8-20-23(2)9-12/h3-4,7-9,15H,5-6,10H2,1-2H3/t15-/m0/s1. The fourth-order valence-corrected chi connectivity index (χ4v) is 3.04. The van der Waals surface area contributed by atoms with Gasteiger partial charge < -0.3 is 14.2 Å². The van der Waals surface area contributed by atoms with Crippen LogP contribution in [0.15, 0.2) is 35.1 Å². The number of hydrogen-bond acceptors (Lipinski definition) is 6. The van der Waals surface area contributed by atoms with Crippen molar-refractivity contribution in [1.82, 2.24) is 24.8 Å². The van der Waals surface area contributed by atoms with Crippen molar-refractivity contribution < 1.29 is 18.4 Å². The van der Waals surface area contributed by atoms with Crippen LogP contribution in [-0.2, 0) is 11.8 Å². The maximum Gasteiger partial charge on any atom is 0.261 e. The second-order valence-corrected chi connectivity index (χ2v) is 6.43. The fourth-order valence-electron chi connectivity index (χ4n) is 3.04. The molecular formula is C18H18FN5O3. The van der Waals surface area contributed by atoms with Gasteiger partial charge in [0.15, 0.2) is 5.82 Å². The van der Waals surface area contributed by atoms with Crippen LogP contribution < -0.4 is 0 Å². The van der Waals surface area contributed by atoms with E-state index < -0.39 is 17.8 Å². The van der Waals surface area contributed by atoms with Gasteiger partial charge in [-0.1, -0.05) is 16.8 Å². The summed E-state index contributed by atoms with van der Waals surface area (Å²) < 4.78 is 26.6. The molecule has 27 heavy (non-hydrogen) atoms. The summed E-state index contributed by atoms with van der Waals surface area (Å²) in [5, 5.41) is 8.07. The molecule has 9 heteroatoms. The molecule has 140 valence electrons. The number of benzene rings is 1. The van der Waals surface area contributed by atoms with Gasteiger partial charge in [0.2, 0.25) is 0 Å². The third kappa shape index (κ3) is 3.33. The largest absolute Gasteiger partial charge is 0.377 e. The van der Waals surface area contributed by atoms with E-state index in [-0.39, 0.29) is 12.2 Å². The predicted octanol–water partition coefficient (Wildman–Crippen LogP) is 2.13. The van der Waals surface area contributed by atoms with E-state index in [0.717, 1.165) is 5.56 Å². The second kappa shape index (κ2) is 6.92. The highest BCUT2D eigenvalue weighted by Gasteiger charge is 2.34. The van der Waals surface area contributed by atoms with Crippen LogP contribution in [0.25, 0.3) is 11.5 Å². The van der Waals surface area contributed by atoms with Crippen LogP contribution in [0, 0.1) is 12.7 Å². The zero-order valence-corrected chi connectivity index (χ0v) is 14.9. The van der Waals surface area contributed by atoms with E-state index in [0.29, 0.717) is 30.4 Å². The van der Waals surface area contributed by atoms with Gasteiger partial charge in [-0.25, -0.2) is 4.39 Å². The first-order valence-corrected chi connectivity index (χ1v) is 8.50. The third-order valence-corrected chi connectivity index (χ3v) is 4.43. The number of aryl methyl sites for hydroxylation is 2. The number of nitrogens with zero attached hydrogens (tertiary/aromatic N) is 5. The first-order chi connectivity index (χ1) is 13.0. The Hall–Kier alpha value is -3.07. The SMILES string of the molecule is Cc1ccc(F)c(C(=O)N2CCOC[C@H]2c2noc(-c3cnn(C)c3)n2)c1. The lowest BCUT2D eigenvalue weighted by Crippen LogP contribution is -2.44. The maximum absolute atomic E-state index is 14.2. The molecule has 0 aliphatic carbocycles. The molecule has 0 spiro atoms. The molecule has 1 aliphatic heterocycles. The normalized spacial score (nSPS) is 17.3. The molecule has 0 N–H and O–H groups in total. The fraction of sp³-hybridized carbons (Fsp3) is 0.333. The Labute approximate surface area is 154 Å². The Morgan fingerprint density at radius 1 is 1.37 bits per heavy atom. The van der Waals surface area contributed by atoms with Crippen molar-refractivity contribution in [2.75, 3.05) is 19.8 Å². The van der Waals surface area contributed by atoms with E-state index in [2.05, 4.69) is 15.2 Å². The molecule has 1 fully saturated rings. The number of amides is 1. The van der Waals surface area contributed by atoms with Crippen LogP contribution in [0.2, 0.25) is 0 Å². The molecule has 3 aromatic rings. The highest BCUT2D eigenvalue weighted by atomic mass is 19.1. The van der Waals surface area contributed by atoms with Gasteiger partial charge in [-0.05, 0) is 19.1 Å². The van der Waals surface area contributed by atoms with Crippen molar-refractivity contribution in [2.24, 2.45) is 7.05 Å². The van der Waals surface area contributed by atoms with E-state index in [1.54, 1.807) is 36.3 Å². The summed E-state index contributed by atoms with van der Waals surface area (Å²) in [5.74, 6) is -0.356. The summed E-state index contributed by atoms with van der Waals surface area (Å²) in [5.41, 5.74) is 1.51. The molecule has 1 atom stereocenters. The van der Waals surface area contributed by atoms with Crippen molar-refractivity contribution in [1.29, 1.82) is 0 Å². The highest BCUT2D eigenvalue weighted by molar-refractivity contribution is 5.95. The van der Waals surface area contributed by atoms with Crippen molar-refractivity contribution in [3.63, 3.8) is 0 Å². The van der Waals surface area contributed by atoms with Crippen molar-refractivity contribution in [2.45, 2.75) is 13.0 Å². The smallest absolute Gasteiger partial charge is 0.261 e. The van der Waals surface area contributed by atoms with E-state index in [9.17, 15) is 9.18 Å². The number of hydrogen-bond donors (Lipinski definition) is 0. The number of halogens is 1. The van der Waals surface area contributed by atoms with Gasteiger partial charge in [0, 0.05) is 19.8 Å². The van der Waals surface area contributed by atoms with Crippen LogP contribution in [-0.4, -0.2) is 50.5 Å². The van der Waals surface area contributed by atoms with Gasteiger partial charge in [-0.15, -0.1) is 0 Å². The van der Waals surface area contributed by atoms with Crippen molar-refractivity contribution >= 4 is 5.91 Å². The van der Waals surface area contributed by atoms with Gasteiger partial charge in [-0.3, -0.25) is 9.48 Å². The lowest BCUT2D eigenvalue weighted by Gasteiger charge is -2.33. The Bertz CT molecular complexity index is 983. The first-order valence-electron chi connectivity index (χ1n) is 8.50. The number of rotatable bonds is 3. The summed E-state index contributed by atoms with van der Waals surface area (Å²) >= 11 is 0. The van der Waals surface area contributed by atoms with Crippen LogP contribution >= 0.6 is 0 Å². The minimum absolute atomic E-state index is 0.0258. The average Bonchev–Trinajstić information content (AvgIpc) is 3.32. The average molecular weight is 371 g/mol. The molecule has 1 saturated heterocycles. The van der Waals surface area contributed by atoms with Crippen LogP contribution in [0.4, 0.5) is 4.39 Å². The zero-order valence-electron chi connectivity index (χ0n) is 14.9. The summed E-state index contributed by atoms with van der Waals surface area (Å²) in [6, 6.07) is 3.91. The number of carbonyl (C=O) groups excluding carboxylic acids is 1. The zero-order chi connectivity index (χ0) is 19.0.